The Kier molecular flexibility index (Phi) is 5.72. The van der Waals surface area contributed by atoms with Gasteiger partial charge < -0.3 is 18.8 Å². The van der Waals surface area contributed by atoms with Crippen LogP contribution in [-0.4, -0.2) is 30.6 Å². The number of nitrogens with zero attached hydrogens (tertiary/aromatic N) is 1. The number of aryl methyl sites for hydroxylation is 1. The smallest absolute Gasteiger partial charge is 0.290 e. The monoisotopic (exact) mass is 421 g/mol. The zero-order chi connectivity index (χ0) is 22.1. The van der Waals surface area contributed by atoms with E-state index in [2.05, 4.69) is 0 Å². The molecule has 0 aliphatic carbocycles. The number of amides is 1. The maximum atomic E-state index is 13.5. The van der Waals surface area contributed by atoms with Gasteiger partial charge in [-0.25, -0.2) is 0 Å². The van der Waals surface area contributed by atoms with Gasteiger partial charge in [0.05, 0.1) is 30.2 Å². The molecular weight excluding hydrogens is 394 g/mol. The van der Waals surface area contributed by atoms with E-state index < -0.39 is 6.04 Å². The third-order valence-electron chi connectivity index (χ3n) is 5.47. The van der Waals surface area contributed by atoms with E-state index in [1.807, 2.05) is 58.0 Å². The molecular formula is C25H27NO5. The molecule has 0 radical (unpaired) electrons. The van der Waals surface area contributed by atoms with E-state index in [1.165, 1.54) is 0 Å². The second kappa shape index (κ2) is 8.46. The van der Waals surface area contributed by atoms with Gasteiger partial charge in [0, 0.05) is 6.54 Å². The Morgan fingerprint density at radius 3 is 2.42 bits per heavy atom. The summed E-state index contributed by atoms with van der Waals surface area (Å²) in [5.74, 6) is 1.11. The maximum absolute atomic E-state index is 13.5. The summed E-state index contributed by atoms with van der Waals surface area (Å²) in [6, 6.07) is 10.5. The normalized spacial score (nSPS) is 15.4. The summed E-state index contributed by atoms with van der Waals surface area (Å²) >= 11 is 0. The third kappa shape index (κ3) is 3.56. The van der Waals surface area contributed by atoms with Crippen molar-refractivity contribution in [2.45, 2.75) is 40.2 Å². The lowest BCUT2D eigenvalue weighted by Gasteiger charge is -2.25. The molecule has 1 atom stereocenters. The summed E-state index contributed by atoms with van der Waals surface area (Å²) < 4.78 is 17.4. The third-order valence-corrected chi connectivity index (χ3v) is 5.47. The van der Waals surface area contributed by atoms with Crippen LogP contribution in [0.5, 0.6) is 11.5 Å². The number of hydrogen-bond donors (Lipinski definition) is 0. The van der Waals surface area contributed by atoms with Crippen molar-refractivity contribution in [1.82, 2.24) is 4.90 Å². The highest BCUT2D eigenvalue weighted by Crippen LogP contribution is 2.41. The molecule has 0 fully saturated rings. The first-order valence-corrected chi connectivity index (χ1v) is 10.8. The van der Waals surface area contributed by atoms with Crippen molar-refractivity contribution in [3.63, 3.8) is 0 Å². The Morgan fingerprint density at radius 1 is 0.968 bits per heavy atom. The lowest BCUT2D eigenvalue weighted by molar-refractivity contribution is 0.0728. The van der Waals surface area contributed by atoms with Crippen molar-refractivity contribution < 1.29 is 18.7 Å². The first kappa shape index (κ1) is 21.0. The molecule has 4 rings (SSSR count). The summed E-state index contributed by atoms with van der Waals surface area (Å²) in [6.45, 7) is 9.26. The molecule has 2 heterocycles. The first-order valence-electron chi connectivity index (χ1n) is 10.8. The molecule has 0 spiro atoms. The van der Waals surface area contributed by atoms with Crippen LogP contribution in [0.15, 0.2) is 45.6 Å². The quantitative estimate of drug-likeness (QED) is 0.545. The van der Waals surface area contributed by atoms with Crippen molar-refractivity contribution >= 4 is 16.9 Å². The Hall–Kier alpha value is -3.28. The number of rotatable bonds is 7. The molecule has 3 aromatic rings. The van der Waals surface area contributed by atoms with Crippen LogP contribution in [-0.2, 0) is 0 Å². The van der Waals surface area contributed by atoms with E-state index in [0.717, 1.165) is 17.5 Å². The molecule has 0 saturated carbocycles. The SMILES string of the molecule is CCCN1C(=O)c2oc3ccc(C)cc3c(=O)c2[C@@H]1c1ccc(OCC)c(OCC)c1. The molecule has 31 heavy (non-hydrogen) atoms. The van der Waals surface area contributed by atoms with E-state index in [-0.39, 0.29) is 17.1 Å². The fraction of sp³-hybridized carbons (Fsp3) is 0.360. The molecule has 162 valence electrons. The Morgan fingerprint density at radius 2 is 1.71 bits per heavy atom. The van der Waals surface area contributed by atoms with Crippen LogP contribution >= 0.6 is 0 Å². The highest BCUT2D eigenvalue weighted by atomic mass is 16.5. The van der Waals surface area contributed by atoms with Gasteiger partial charge in [0.25, 0.3) is 5.91 Å². The largest absolute Gasteiger partial charge is 0.490 e. The van der Waals surface area contributed by atoms with Crippen LogP contribution in [0.2, 0.25) is 0 Å². The van der Waals surface area contributed by atoms with Gasteiger partial charge >= 0.3 is 0 Å². The van der Waals surface area contributed by atoms with Gasteiger partial charge in [-0.3, -0.25) is 9.59 Å². The standard InChI is InChI=1S/C25H27NO5/c1-5-12-26-22(16-9-11-19(29-6-2)20(14-16)30-7-3)21-23(27)17-13-15(4)8-10-18(17)31-24(21)25(26)28/h8-11,13-14,22H,5-7,12H2,1-4H3/t22-/m0/s1. The van der Waals surface area contributed by atoms with E-state index in [4.69, 9.17) is 13.9 Å². The summed E-state index contributed by atoms with van der Waals surface area (Å²) in [7, 11) is 0. The Balaban J connectivity index is 1.94. The summed E-state index contributed by atoms with van der Waals surface area (Å²) in [6.07, 6.45) is 0.762. The van der Waals surface area contributed by atoms with Gasteiger partial charge in [0.15, 0.2) is 16.9 Å². The minimum Gasteiger partial charge on any atom is -0.490 e. The lowest BCUT2D eigenvalue weighted by Crippen LogP contribution is -2.30. The molecule has 2 aromatic carbocycles. The fourth-order valence-electron chi connectivity index (χ4n) is 4.19. The molecule has 0 bridgehead atoms. The van der Waals surface area contributed by atoms with Gasteiger partial charge in [-0.2, -0.15) is 0 Å². The number of hydrogen-bond acceptors (Lipinski definition) is 5. The lowest BCUT2D eigenvalue weighted by atomic mass is 9.97. The van der Waals surface area contributed by atoms with Gasteiger partial charge in [-0.1, -0.05) is 24.6 Å². The highest BCUT2D eigenvalue weighted by molar-refractivity contribution is 5.99. The van der Waals surface area contributed by atoms with Crippen molar-refractivity contribution in [2.24, 2.45) is 0 Å². The van der Waals surface area contributed by atoms with Crippen LogP contribution in [0.25, 0.3) is 11.0 Å². The zero-order valence-corrected chi connectivity index (χ0v) is 18.4. The van der Waals surface area contributed by atoms with E-state index in [9.17, 15) is 9.59 Å². The molecule has 1 aliphatic rings. The van der Waals surface area contributed by atoms with E-state index in [0.29, 0.717) is 47.8 Å². The van der Waals surface area contributed by atoms with E-state index >= 15 is 0 Å². The van der Waals surface area contributed by atoms with Crippen molar-refractivity contribution in [3.8, 4) is 11.5 Å². The molecule has 6 heteroatoms. The van der Waals surface area contributed by atoms with Crippen LogP contribution in [0.3, 0.4) is 0 Å². The molecule has 0 N–H and O–H groups in total. The summed E-state index contributed by atoms with van der Waals surface area (Å²) in [5.41, 5.74) is 2.42. The minimum absolute atomic E-state index is 0.131. The second-order valence-corrected chi connectivity index (χ2v) is 7.65. The fourth-order valence-corrected chi connectivity index (χ4v) is 4.19. The molecule has 0 saturated heterocycles. The average Bonchev–Trinajstić information content (AvgIpc) is 3.03. The van der Waals surface area contributed by atoms with Crippen molar-refractivity contribution in [3.05, 3.63) is 69.1 Å². The predicted octanol–water partition coefficient (Wildman–Crippen LogP) is 4.85. The van der Waals surface area contributed by atoms with Gasteiger partial charge in [0.1, 0.15) is 5.58 Å². The molecule has 0 unspecified atom stereocenters. The summed E-state index contributed by atoms with van der Waals surface area (Å²) in [4.78, 5) is 28.5. The van der Waals surface area contributed by atoms with Crippen molar-refractivity contribution in [1.29, 1.82) is 0 Å². The van der Waals surface area contributed by atoms with Crippen LogP contribution in [0.4, 0.5) is 0 Å². The maximum Gasteiger partial charge on any atom is 0.290 e. The first-order chi connectivity index (χ1) is 15.0. The van der Waals surface area contributed by atoms with Gasteiger partial charge in [-0.05, 0) is 57.0 Å². The van der Waals surface area contributed by atoms with Crippen LogP contribution < -0.4 is 14.9 Å². The highest BCUT2D eigenvalue weighted by Gasteiger charge is 2.42. The molecule has 1 aliphatic heterocycles. The van der Waals surface area contributed by atoms with Gasteiger partial charge in [0.2, 0.25) is 5.76 Å². The topological polar surface area (TPSA) is 69.0 Å². The summed E-state index contributed by atoms with van der Waals surface area (Å²) in [5, 5.41) is 0.492. The Bertz CT molecular complexity index is 1200. The zero-order valence-electron chi connectivity index (χ0n) is 18.4. The molecule has 1 aromatic heterocycles. The molecule has 1 amide bonds. The number of benzene rings is 2. The van der Waals surface area contributed by atoms with E-state index in [1.54, 1.807) is 11.0 Å². The molecule has 6 nitrogen and oxygen atoms in total. The van der Waals surface area contributed by atoms with Crippen molar-refractivity contribution in [2.75, 3.05) is 19.8 Å². The Labute approximate surface area is 181 Å². The average molecular weight is 421 g/mol. The van der Waals surface area contributed by atoms with Crippen LogP contribution in [0, 0.1) is 6.92 Å². The minimum atomic E-state index is -0.529. The second-order valence-electron chi connectivity index (χ2n) is 7.65. The number of ether oxygens (including phenoxy) is 2. The van der Waals surface area contributed by atoms with Gasteiger partial charge in [-0.15, -0.1) is 0 Å². The predicted molar refractivity (Wildman–Crippen MR) is 119 cm³/mol. The number of carbonyl (C=O) groups is 1. The number of carbonyl (C=O) groups excluding carboxylic acids is 1. The van der Waals surface area contributed by atoms with Crippen LogP contribution in [0.1, 0.15) is 60.5 Å². The number of fused-ring (bicyclic) bond motifs is 2.